The van der Waals surface area contributed by atoms with Crippen molar-refractivity contribution in [1.29, 1.82) is 0 Å². The molecule has 5 heteroatoms. The number of para-hydroxylation sites is 1. The van der Waals surface area contributed by atoms with Crippen LogP contribution < -0.4 is 9.54 Å². The van der Waals surface area contributed by atoms with Crippen molar-refractivity contribution in [3.8, 4) is 11.5 Å². The Bertz CT molecular complexity index is 836. The van der Waals surface area contributed by atoms with Crippen LogP contribution in [0.1, 0.15) is 5.69 Å². The Kier molecular flexibility index (Phi) is 5.46. The van der Waals surface area contributed by atoms with E-state index in [0.717, 1.165) is 28.5 Å². The third-order valence-electron chi connectivity index (χ3n) is 3.55. The lowest BCUT2D eigenvalue weighted by molar-refractivity contribution is 0.186. The molecule has 1 aromatic heterocycles. The second-order valence-corrected chi connectivity index (χ2v) is 6.16. The summed E-state index contributed by atoms with van der Waals surface area (Å²) in [6.45, 7) is 3.57. The van der Waals surface area contributed by atoms with Gasteiger partial charge in [0.1, 0.15) is 11.5 Å². The Morgan fingerprint density at radius 2 is 1.71 bits per heavy atom. The summed E-state index contributed by atoms with van der Waals surface area (Å²) in [6.07, 6.45) is 0. The van der Waals surface area contributed by atoms with Crippen LogP contribution in [-0.2, 0) is 11.3 Å². The van der Waals surface area contributed by atoms with Crippen LogP contribution in [0.3, 0.4) is 0 Å². The highest BCUT2D eigenvalue weighted by molar-refractivity contribution is 7.07. The van der Waals surface area contributed by atoms with Crippen LogP contribution in [0.15, 0.2) is 65.0 Å². The summed E-state index contributed by atoms with van der Waals surface area (Å²) in [5.41, 5.74) is 2.10. The fourth-order valence-electron chi connectivity index (χ4n) is 2.28. The highest BCUT2D eigenvalue weighted by Crippen LogP contribution is 2.23. The van der Waals surface area contributed by atoms with Gasteiger partial charge in [0.25, 0.3) is 0 Å². The van der Waals surface area contributed by atoms with Gasteiger partial charge in [-0.25, -0.2) is 4.99 Å². The monoisotopic (exact) mass is 340 g/mol. The summed E-state index contributed by atoms with van der Waals surface area (Å²) in [5.74, 6) is 1.63. The molecule has 0 spiro atoms. The molecule has 0 radical (unpaired) electrons. The minimum absolute atomic E-state index is 0.675. The number of ether oxygens (including phenoxy) is 2. The standard InChI is InChI=1S/C19H20N2O2S/c1-15-14-24-19(21(15)12-13-22-2)20-16-8-10-18(11-9-16)23-17-6-4-3-5-7-17/h3-11,14H,12-13H2,1-2H3. The molecule has 24 heavy (non-hydrogen) atoms. The third-order valence-corrected chi connectivity index (χ3v) is 4.53. The highest BCUT2D eigenvalue weighted by Gasteiger charge is 2.02. The first kappa shape index (κ1) is 16.5. The van der Waals surface area contributed by atoms with Gasteiger partial charge in [-0.05, 0) is 43.3 Å². The molecule has 4 nitrogen and oxygen atoms in total. The summed E-state index contributed by atoms with van der Waals surface area (Å²) in [6, 6.07) is 17.6. The topological polar surface area (TPSA) is 35.8 Å². The van der Waals surface area contributed by atoms with E-state index in [-0.39, 0.29) is 0 Å². The average molecular weight is 340 g/mol. The van der Waals surface area contributed by atoms with Crippen LogP contribution in [0.4, 0.5) is 5.69 Å². The molecule has 0 aliphatic carbocycles. The van der Waals surface area contributed by atoms with E-state index in [1.807, 2.05) is 54.6 Å². The van der Waals surface area contributed by atoms with Gasteiger partial charge in [0.05, 0.1) is 12.3 Å². The molecule has 0 unspecified atom stereocenters. The predicted molar refractivity (Wildman–Crippen MR) is 97.1 cm³/mol. The van der Waals surface area contributed by atoms with Crippen LogP contribution >= 0.6 is 11.3 Å². The van der Waals surface area contributed by atoms with Gasteiger partial charge in [-0.1, -0.05) is 18.2 Å². The quantitative estimate of drug-likeness (QED) is 0.661. The van der Waals surface area contributed by atoms with Crippen molar-refractivity contribution in [3.63, 3.8) is 0 Å². The van der Waals surface area contributed by atoms with Crippen LogP contribution in [0, 0.1) is 6.92 Å². The highest BCUT2D eigenvalue weighted by atomic mass is 32.1. The van der Waals surface area contributed by atoms with Crippen molar-refractivity contribution in [2.45, 2.75) is 13.5 Å². The molecule has 1 heterocycles. The van der Waals surface area contributed by atoms with E-state index in [2.05, 4.69) is 16.9 Å². The molecule has 0 amide bonds. The second-order valence-electron chi connectivity index (χ2n) is 5.32. The van der Waals surface area contributed by atoms with Gasteiger partial charge in [-0.3, -0.25) is 0 Å². The summed E-state index contributed by atoms with van der Waals surface area (Å²) in [5, 5.41) is 2.11. The molecular formula is C19H20N2O2S. The van der Waals surface area contributed by atoms with Crippen LogP contribution in [0.2, 0.25) is 0 Å². The Balaban J connectivity index is 1.79. The van der Waals surface area contributed by atoms with Gasteiger partial charge in [-0.2, -0.15) is 0 Å². The van der Waals surface area contributed by atoms with E-state index < -0.39 is 0 Å². The number of hydrogen-bond acceptors (Lipinski definition) is 4. The zero-order valence-electron chi connectivity index (χ0n) is 13.8. The summed E-state index contributed by atoms with van der Waals surface area (Å²) in [7, 11) is 1.71. The SMILES string of the molecule is COCCn1c(C)csc1=Nc1ccc(Oc2ccccc2)cc1. The normalized spacial score (nSPS) is 11.7. The fraction of sp³-hybridized carbons (Fsp3) is 0.211. The van der Waals surface area contributed by atoms with E-state index in [4.69, 9.17) is 14.5 Å². The lowest BCUT2D eigenvalue weighted by Crippen LogP contribution is -2.18. The zero-order chi connectivity index (χ0) is 16.8. The van der Waals surface area contributed by atoms with Crippen LogP contribution in [-0.4, -0.2) is 18.3 Å². The Hall–Kier alpha value is -2.37. The first-order valence-corrected chi connectivity index (χ1v) is 8.66. The van der Waals surface area contributed by atoms with E-state index >= 15 is 0 Å². The summed E-state index contributed by atoms with van der Waals surface area (Å²) >= 11 is 1.64. The number of thiazole rings is 1. The van der Waals surface area contributed by atoms with Crippen molar-refractivity contribution in [1.82, 2.24) is 4.57 Å². The van der Waals surface area contributed by atoms with Gasteiger partial charge in [0.2, 0.25) is 0 Å². The smallest absolute Gasteiger partial charge is 0.190 e. The van der Waals surface area contributed by atoms with E-state index in [1.54, 1.807) is 18.4 Å². The van der Waals surface area contributed by atoms with Gasteiger partial charge < -0.3 is 14.0 Å². The first-order valence-electron chi connectivity index (χ1n) is 7.78. The summed E-state index contributed by atoms with van der Waals surface area (Å²) < 4.78 is 13.1. The maximum atomic E-state index is 5.80. The number of benzene rings is 2. The molecule has 0 saturated heterocycles. The Morgan fingerprint density at radius 3 is 2.42 bits per heavy atom. The van der Waals surface area contributed by atoms with Gasteiger partial charge in [0, 0.05) is 24.7 Å². The average Bonchev–Trinajstić information content (AvgIpc) is 2.95. The number of aryl methyl sites for hydroxylation is 1. The van der Waals surface area contributed by atoms with E-state index in [1.165, 1.54) is 5.69 Å². The molecule has 3 aromatic rings. The third kappa shape index (κ3) is 4.13. The summed E-state index contributed by atoms with van der Waals surface area (Å²) in [4.78, 5) is 5.71. The largest absolute Gasteiger partial charge is 0.457 e. The van der Waals surface area contributed by atoms with E-state index in [0.29, 0.717) is 6.61 Å². The van der Waals surface area contributed by atoms with Gasteiger partial charge in [0.15, 0.2) is 4.80 Å². The van der Waals surface area contributed by atoms with Crippen molar-refractivity contribution in [3.05, 3.63) is 70.5 Å². The zero-order valence-corrected chi connectivity index (χ0v) is 14.6. The lowest BCUT2D eigenvalue weighted by Gasteiger charge is -2.06. The minimum Gasteiger partial charge on any atom is -0.457 e. The molecule has 0 fully saturated rings. The lowest BCUT2D eigenvalue weighted by atomic mass is 10.3. The molecule has 0 bridgehead atoms. The molecule has 0 saturated carbocycles. The van der Waals surface area contributed by atoms with Gasteiger partial charge >= 0.3 is 0 Å². The maximum absolute atomic E-state index is 5.80. The Morgan fingerprint density at radius 1 is 1.00 bits per heavy atom. The van der Waals surface area contributed by atoms with Crippen molar-refractivity contribution in [2.75, 3.05) is 13.7 Å². The van der Waals surface area contributed by atoms with Crippen molar-refractivity contribution >= 4 is 17.0 Å². The fourth-order valence-corrected chi connectivity index (χ4v) is 3.20. The Labute approximate surface area is 145 Å². The number of nitrogens with zero attached hydrogens (tertiary/aromatic N) is 2. The number of rotatable bonds is 6. The van der Waals surface area contributed by atoms with Crippen LogP contribution in [0.5, 0.6) is 11.5 Å². The minimum atomic E-state index is 0.675. The number of aromatic nitrogens is 1. The maximum Gasteiger partial charge on any atom is 0.190 e. The molecule has 0 aliphatic heterocycles. The van der Waals surface area contributed by atoms with Crippen molar-refractivity contribution in [2.24, 2.45) is 4.99 Å². The van der Waals surface area contributed by atoms with Crippen LogP contribution in [0.25, 0.3) is 0 Å². The predicted octanol–water partition coefficient (Wildman–Crippen LogP) is 4.53. The van der Waals surface area contributed by atoms with E-state index in [9.17, 15) is 0 Å². The van der Waals surface area contributed by atoms with Gasteiger partial charge in [-0.15, -0.1) is 11.3 Å². The molecule has 3 rings (SSSR count). The number of methoxy groups -OCH3 is 1. The molecule has 0 atom stereocenters. The molecular weight excluding hydrogens is 320 g/mol. The second kappa shape index (κ2) is 7.95. The van der Waals surface area contributed by atoms with Crippen molar-refractivity contribution < 1.29 is 9.47 Å². The number of hydrogen-bond donors (Lipinski definition) is 0. The molecule has 124 valence electrons. The first-order chi connectivity index (χ1) is 11.8. The molecule has 0 N–H and O–H groups in total. The molecule has 2 aromatic carbocycles. The molecule has 0 aliphatic rings.